The fourth-order valence-corrected chi connectivity index (χ4v) is 5.05. The number of sulfonamides is 1. The highest BCUT2D eigenvalue weighted by Crippen LogP contribution is 2.19. The van der Waals surface area contributed by atoms with Crippen LogP contribution in [0.25, 0.3) is 0 Å². The molecule has 0 saturated carbocycles. The van der Waals surface area contributed by atoms with Gasteiger partial charge < -0.3 is 15.0 Å². The van der Waals surface area contributed by atoms with Crippen molar-refractivity contribution in [1.29, 1.82) is 0 Å². The number of hydrogen-bond donors (Lipinski definition) is 1. The normalized spacial score (nSPS) is 13.2. The van der Waals surface area contributed by atoms with E-state index in [2.05, 4.69) is 5.32 Å². The van der Waals surface area contributed by atoms with Crippen LogP contribution in [0, 0.1) is 0 Å². The quantitative estimate of drug-likeness (QED) is 0.411. The fourth-order valence-electron chi connectivity index (χ4n) is 3.82. The first-order chi connectivity index (χ1) is 17.1. The minimum absolute atomic E-state index is 0.00263. The van der Waals surface area contributed by atoms with Gasteiger partial charge in [-0.15, -0.1) is 0 Å². The highest BCUT2D eigenvalue weighted by atomic mass is 32.2. The van der Waals surface area contributed by atoms with Gasteiger partial charge in [-0.05, 0) is 56.0 Å². The van der Waals surface area contributed by atoms with E-state index in [1.807, 2.05) is 45.0 Å². The topological polar surface area (TPSA) is 96.0 Å². The van der Waals surface area contributed by atoms with Gasteiger partial charge in [0, 0.05) is 32.6 Å². The van der Waals surface area contributed by atoms with Gasteiger partial charge in [-0.2, -0.15) is 0 Å². The van der Waals surface area contributed by atoms with Gasteiger partial charge in [0.25, 0.3) is 0 Å². The number of carbonyl (C=O) groups excluding carboxylic acids is 2. The van der Waals surface area contributed by atoms with Crippen LogP contribution in [0.15, 0.2) is 59.5 Å². The van der Waals surface area contributed by atoms with Crippen molar-refractivity contribution < 1.29 is 22.7 Å². The summed E-state index contributed by atoms with van der Waals surface area (Å²) in [5, 5.41) is 2.99. The second kappa shape index (κ2) is 14.0. The summed E-state index contributed by atoms with van der Waals surface area (Å²) >= 11 is 0. The van der Waals surface area contributed by atoms with Crippen LogP contribution in [0.4, 0.5) is 0 Å². The van der Waals surface area contributed by atoms with E-state index in [0.717, 1.165) is 12.0 Å². The molecular weight excluding hydrogens is 478 g/mol. The van der Waals surface area contributed by atoms with Gasteiger partial charge in [0.05, 0.1) is 12.0 Å². The maximum absolute atomic E-state index is 13.4. The molecular formula is C27H39N3O5S. The molecule has 2 atom stereocenters. The molecule has 0 aliphatic carbocycles. The molecule has 0 radical (unpaired) electrons. The Balaban J connectivity index is 2.16. The van der Waals surface area contributed by atoms with E-state index in [0.29, 0.717) is 18.6 Å². The molecule has 0 fully saturated rings. The van der Waals surface area contributed by atoms with Crippen molar-refractivity contribution >= 4 is 21.8 Å². The molecule has 2 amide bonds. The first-order valence-electron chi connectivity index (χ1n) is 12.4. The lowest BCUT2D eigenvalue weighted by Gasteiger charge is -2.31. The number of nitrogens with one attached hydrogen (secondary N) is 1. The minimum Gasteiger partial charge on any atom is -0.497 e. The van der Waals surface area contributed by atoms with Gasteiger partial charge in [-0.3, -0.25) is 9.59 Å². The van der Waals surface area contributed by atoms with Crippen LogP contribution in [0.2, 0.25) is 0 Å². The summed E-state index contributed by atoms with van der Waals surface area (Å²) in [6.07, 6.45) is 1.69. The molecule has 198 valence electrons. The predicted molar refractivity (Wildman–Crippen MR) is 141 cm³/mol. The van der Waals surface area contributed by atoms with Gasteiger partial charge in [0.1, 0.15) is 11.8 Å². The smallest absolute Gasteiger partial charge is 0.243 e. The zero-order valence-corrected chi connectivity index (χ0v) is 22.8. The van der Waals surface area contributed by atoms with E-state index >= 15 is 0 Å². The van der Waals surface area contributed by atoms with Crippen LogP contribution < -0.4 is 10.1 Å². The second-order valence-corrected chi connectivity index (χ2v) is 10.9. The van der Waals surface area contributed by atoms with E-state index < -0.39 is 16.1 Å². The van der Waals surface area contributed by atoms with Crippen molar-refractivity contribution in [1.82, 2.24) is 14.5 Å². The molecule has 1 N–H and O–H groups in total. The number of nitrogens with zero attached hydrogens (tertiary/aromatic N) is 2. The molecule has 0 heterocycles. The number of rotatable bonds is 14. The van der Waals surface area contributed by atoms with Crippen molar-refractivity contribution in [3.8, 4) is 5.75 Å². The summed E-state index contributed by atoms with van der Waals surface area (Å²) in [5.74, 6) is 0.283. The second-order valence-electron chi connectivity index (χ2n) is 8.86. The Morgan fingerprint density at radius 1 is 1.03 bits per heavy atom. The molecule has 2 aromatic carbocycles. The van der Waals surface area contributed by atoms with Gasteiger partial charge in [0.2, 0.25) is 21.8 Å². The molecule has 2 rings (SSSR count). The number of ether oxygens (including phenoxy) is 1. The average Bonchev–Trinajstić information content (AvgIpc) is 2.88. The molecule has 0 bridgehead atoms. The van der Waals surface area contributed by atoms with E-state index in [-0.39, 0.29) is 42.3 Å². The van der Waals surface area contributed by atoms with Gasteiger partial charge in [-0.1, -0.05) is 44.2 Å². The molecule has 9 heteroatoms. The molecule has 0 spiro atoms. The Morgan fingerprint density at radius 2 is 1.72 bits per heavy atom. The van der Waals surface area contributed by atoms with E-state index in [1.165, 1.54) is 11.4 Å². The zero-order chi connectivity index (χ0) is 26.7. The number of hydrogen-bond acceptors (Lipinski definition) is 5. The summed E-state index contributed by atoms with van der Waals surface area (Å²) in [4.78, 5) is 28.3. The third-order valence-electron chi connectivity index (χ3n) is 6.19. The van der Waals surface area contributed by atoms with Crippen molar-refractivity contribution in [3.63, 3.8) is 0 Å². The maximum atomic E-state index is 13.4. The van der Waals surface area contributed by atoms with Crippen molar-refractivity contribution in [2.24, 2.45) is 0 Å². The predicted octanol–water partition coefficient (Wildman–Crippen LogP) is 3.82. The van der Waals surface area contributed by atoms with Gasteiger partial charge >= 0.3 is 0 Å². The number of methoxy groups -OCH3 is 1. The third kappa shape index (κ3) is 8.06. The summed E-state index contributed by atoms with van der Waals surface area (Å²) < 4.78 is 32.1. The van der Waals surface area contributed by atoms with Crippen LogP contribution in [0.5, 0.6) is 5.75 Å². The number of benzene rings is 2. The Labute approximate surface area is 215 Å². The zero-order valence-electron chi connectivity index (χ0n) is 21.9. The molecule has 0 aliphatic rings. The van der Waals surface area contributed by atoms with E-state index in [4.69, 9.17) is 4.74 Å². The van der Waals surface area contributed by atoms with Gasteiger partial charge in [0.15, 0.2) is 0 Å². The SMILES string of the molecule is CCC(C)NC(=O)C(CC)N(Cc1cccc(OC)c1)C(=O)CCCN(C)S(=O)(=O)c1ccccc1. The van der Waals surface area contributed by atoms with E-state index in [9.17, 15) is 18.0 Å². The molecule has 2 aromatic rings. The average molecular weight is 518 g/mol. The van der Waals surface area contributed by atoms with Crippen molar-refractivity contribution in [3.05, 3.63) is 60.2 Å². The van der Waals surface area contributed by atoms with Gasteiger partial charge in [-0.25, -0.2) is 12.7 Å². The van der Waals surface area contributed by atoms with Crippen molar-refractivity contribution in [2.75, 3.05) is 20.7 Å². The van der Waals surface area contributed by atoms with E-state index in [1.54, 1.807) is 42.3 Å². The van der Waals surface area contributed by atoms with Crippen LogP contribution in [-0.4, -0.2) is 62.2 Å². The highest BCUT2D eigenvalue weighted by molar-refractivity contribution is 7.89. The Bertz CT molecular complexity index is 1090. The molecule has 8 nitrogen and oxygen atoms in total. The third-order valence-corrected chi connectivity index (χ3v) is 8.06. The van der Waals surface area contributed by atoms with Crippen LogP contribution in [0.1, 0.15) is 52.0 Å². The molecule has 0 aliphatic heterocycles. The Morgan fingerprint density at radius 3 is 2.33 bits per heavy atom. The summed E-state index contributed by atoms with van der Waals surface area (Å²) in [6, 6.07) is 15.0. The maximum Gasteiger partial charge on any atom is 0.243 e. The first kappa shape index (κ1) is 29.3. The Kier molecular flexibility index (Phi) is 11.4. The largest absolute Gasteiger partial charge is 0.497 e. The lowest BCUT2D eigenvalue weighted by molar-refractivity contribution is -0.141. The first-order valence-corrected chi connectivity index (χ1v) is 13.8. The molecule has 36 heavy (non-hydrogen) atoms. The lowest BCUT2D eigenvalue weighted by atomic mass is 10.1. The van der Waals surface area contributed by atoms with Crippen molar-refractivity contribution in [2.45, 2.75) is 70.0 Å². The Hall–Kier alpha value is -2.91. The minimum atomic E-state index is -3.63. The van der Waals surface area contributed by atoms with Crippen LogP contribution >= 0.6 is 0 Å². The molecule has 2 unspecified atom stereocenters. The monoisotopic (exact) mass is 517 g/mol. The van der Waals surface area contributed by atoms with Crippen LogP contribution in [-0.2, 0) is 26.2 Å². The standard InChI is InChI=1S/C27H39N3O5S/c1-6-21(3)28-27(32)25(7-2)30(20-22-13-11-14-23(19-22)35-5)26(31)17-12-18-29(4)36(33,34)24-15-9-8-10-16-24/h8-11,13-16,19,21,25H,6-7,12,17-18,20H2,1-5H3,(H,28,32). The number of amides is 2. The summed E-state index contributed by atoms with van der Waals surface area (Å²) in [5.41, 5.74) is 0.848. The molecule has 0 aromatic heterocycles. The fraction of sp³-hybridized carbons (Fsp3) is 0.481. The lowest BCUT2D eigenvalue weighted by Crippen LogP contribution is -2.50. The molecule has 0 saturated heterocycles. The highest BCUT2D eigenvalue weighted by Gasteiger charge is 2.29. The summed E-state index contributed by atoms with van der Waals surface area (Å²) in [7, 11) is -0.545. The number of carbonyl (C=O) groups is 2. The summed E-state index contributed by atoms with van der Waals surface area (Å²) in [6.45, 7) is 6.24. The van der Waals surface area contributed by atoms with Crippen LogP contribution in [0.3, 0.4) is 0 Å².